The van der Waals surface area contributed by atoms with Crippen molar-refractivity contribution in [2.45, 2.75) is 13.0 Å². The Morgan fingerprint density at radius 3 is 2.74 bits per heavy atom. The number of carbonyl (C=O) groups excluding carboxylic acids is 3. The SMILES string of the molecule is CC(=O)C1C(=O)C(=O)N(c2ccc3nc[nH]c3c2)C1c1cc(Br)ccc1F. The van der Waals surface area contributed by atoms with Gasteiger partial charge in [0, 0.05) is 15.7 Å². The van der Waals surface area contributed by atoms with Gasteiger partial charge in [0.2, 0.25) is 5.78 Å². The first-order valence-electron chi connectivity index (χ1n) is 8.14. The Morgan fingerprint density at radius 2 is 2.00 bits per heavy atom. The number of aromatic nitrogens is 2. The van der Waals surface area contributed by atoms with Gasteiger partial charge in [0.05, 0.1) is 23.4 Å². The average Bonchev–Trinajstić information content (AvgIpc) is 3.19. The molecule has 8 heteroatoms. The fraction of sp³-hybridized carbons (Fsp3) is 0.158. The normalized spacial score (nSPS) is 19.9. The van der Waals surface area contributed by atoms with E-state index in [1.54, 1.807) is 18.2 Å². The number of benzene rings is 2. The van der Waals surface area contributed by atoms with Crippen LogP contribution in [0.5, 0.6) is 0 Å². The zero-order valence-electron chi connectivity index (χ0n) is 14.1. The van der Waals surface area contributed by atoms with E-state index >= 15 is 0 Å². The molecule has 2 heterocycles. The van der Waals surface area contributed by atoms with Crippen LogP contribution in [0, 0.1) is 11.7 Å². The Bertz CT molecular complexity index is 1110. The van der Waals surface area contributed by atoms with Crippen LogP contribution in [0.25, 0.3) is 11.0 Å². The number of hydrogen-bond donors (Lipinski definition) is 1. The van der Waals surface area contributed by atoms with Crippen molar-refractivity contribution < 1.29 is 18.8 Å². The number of hydrogen-bond acceptors (Lipinski definition) is 4. The highest BCUT2D eigenvalue weighted by atomic mass is 79.9. The molecule has 27 heavy (non-hydrogen) atoms. The highest BCUT2D eigenvalue weighted by Gasteiger charge is 2.51. The van der Waals surface area contributed by atoms with E-state index in [-0.39, 0.29) is 5.56 Å². The van der Waals surface area contributed by atoms with Gasteiger partial charge in [-0.2, -0.15) is 0 Å². The maximum atomic E-state index is 14.6. The van der Waals surface area contributed by atoms with Crippen LogP contribution in [-0.2, 0) is 14.4 Å². The first-order valence-corrected chi connectivity index (χ1v) is 8.93. The van der Waals surface area contributed by atoms with Gasteiger partial charge in [0.1, 0.15) is 17.5 Å². The topological polar surface area (TPSA) is 83.1 Å². The molecule has 4 rings (SSSR count). The highest BCUT2D eigenvalue weighted by Crippen LogP contribution is 2.42. The second-order valence-electron chi connectivity index (χ2n) is 6.34. The molecule has 0 saturated carbocycles. The molecule has 2 aromatic carbocycles. The molecule has 0 radical (unpaired) electrons. The molecular formula is C19H13BrFN3O3. The Labute approximate surface area is 161 Å². The molecule has 6 nitrogen and oxygen atoms in total. The minimum absolute atomic E-state index is 0.105. The van der Waals surface area contributed by atoms with Gasteiger partial charge >= 0.3 is 0 Å². The number of H-pyrrole nitrogens is 1. The van der Waals surface area contributed by atoms with E-state index in [4.69, 9.17) is 0 Å². The number of carbonyl (C=O) groups is 3. The van der Waals surface area contributed by atoms with Crippen molar-refractivity contribution >= 4 is 50.1 Å². The van der Waals surface area contributed by atoms with Crippen LogP contribution >= 0.6 is 15.9 Å². The summed E-state index contributed by atoms with van der Waals surface area (Å²) in [6.07, 6.45) is 1.51. The lowest BCUT2D eigenvalue weighted by Gasteiger charge is -2.27. The second kappa shape index (κ2) is 6.38. The van der Waals surface area contributed by atoms with E-state index in [0.29, 0.717) is 21.2 Å². The minimum atomic E-state index is -1.27. The highest BCUT2D eigenvalue weighted by molar-refractivity contribution is 9.10. The molecule has 3 aromatic rings. The summed E-state index contributed by atoms with van der Waals surface area (Å²) in [6, 6.07) is 8.15. The molecule has 1 aliphatic rings. The van der Waals surface area contributed by atoms with Crippen molar-refractivity contribution in [2.75, 3.05) is 4.90 Å². The number of anilines is 1. The fourth-order valence-corrected chi connectivity index (χ4v) is 3.87. The molecule has 1 saturated heterocycles. The third kappa shape index (κ3) is 2.76. The number of nitrogens with one attached hydrogen (secondary N) is 1. The summed E-state index contributed by atoms with van der Waals surface area (Å²) in [6.45, 7) is 1.24. The van der Waals surface area contributed by atoms with Crippen LogP contribution in [0.4, 0.5) is 10.1 Å². The standard InChI is InChI=1S/C19H13BrFN3O3/c1-9(25)16-17(12-6-10(20)2-4-13(12)21)24(19(27)18(16)26)11-3-5-14-15(7-11)23-8-22-14/h2-8,16-17H,1H3,(H,22,23). The van der Waals surface area contributed by atoms with E-state index in [1.165, 1.54) is 36.4 Å². The lowest BCUT2D eigenvalue weighted by atomic mass is 9.89. The number of ketones is 2. The molecular weight excluding hydrogens is 417 g/mol. The van der Waals surface area contributed by atoms with Gasteiger partial charge < -0.3 is 4.98 Å². The third-order valence-electron chi connectivity index (χ3n) is 4.70. The summed E-state index contributed by atoms with van der Waals surface area (Å²) in [5.41, 5.74) is 1.84. The number of halogens is 2. The van der Waals surface area contributed by atoms with E-state index < -0.39 is 35.3 Å². The minimum Gasteiger partial charge on any atom is -0.345 e. The summed E-state index contributed by atoms with van der Waals surface area (Å²) in [5.74, 6) is -4.01. The lowest BCUT2D eigenvalue weighted by Crippen LogP contribution is -2.30. The smallest absolute Gasteiger partial charge is 0.295 e. The van der Waals surface area contributed by atoms with E-state index in [2.05, 4.69) is 25.9 Å². The molecule has 136 valence electrons. The number of aromatic amines is 1. The van der Waals surface area contributed by atoms with E-state index in [9.17, 15) is 18.8 Å². The molecule has 1 aliphatic heterocycles. The third-order valence-corrected chi connectivity index (χ3v) is 5.20. The van der Waals surface area contributed by atoms with Gasteiger partial charge in [0.15, 0.2) is 0 Å². The van der Waals surface area contributed by atoms with Gasteiger partial charge in [-0.1, -0.05) is 15.9 Å². The maximum absolute atomic E-state index is 14.6. The number of imidazole rings is 1. The fourth-order valence-electron chi connectivity index (χ4n) is 3.49. The monoisotopic (exact) mass is 429 g/mol. The maximum Gasteiger partial charge on any atom is 0.295 e. The van der Waals surface area contributed by atoms with Crippen molar-refractivity contribution in [3.8, 4) is 0 Å². The van der Waals surface area contributed by atoms with Gasteiger partial charge in [-0.05, 0) is 43.3 Å². The first-order chi connectivity index (χ1) is 12.9. The average molecular weight is 430 g/mol. The molecule has 1 fully saturated rings. The van der Waals surface area contributed by atoms with Gasteiger partial charge in [-0.3, -0.25) is 19.3 Å². The van der Waals surface area contributed by atoms with Crippen molar-refractivity contribution in [1.29, 1.82) is 0 Å². The van der Waals surface area contributed by atoms with Crippen LogP contribution < -0.4 is 4.90 Å². The summed E-state index contributed by atoms with van der Waals surface area (Å²) in [4.78, 5) is 45.7. The van der Waals surface area contributed by atoms with Crippen LogP contribution in [0.3, 0.4) is 0 Å². The van der Waals surface area contributed by atoms with Gasteiger partial charge in [-0.25, -0.2) is 9.37 Å². The molecule has 0 bridgehead atoms. The number of nitrogens with zero attached hydrogens (tertiary/aromatic N) is 2. The Balaban J connectivity index is 1.93. The molecule has 1 N–H and O–H groups in total. The quantitative estimate of drug-likeness (QED) is 0.511. The predicted molar refractivity (Wildman–Crippen MR) is 99.6 cm³/mol. The van der Waals surface area contributed by atoms with Crippen molar-refractivity contribution in [2.24, 2.45) is 5.92 Å². The summed E-state index contributed by atoms with van der Waals surface area (Å²) >= 11 is 3.28. The number of fused-ring (bicyclic) bond motifs is 1. The molecule has 1 aromatic heterocycles. The van der Waals surface area contributed by atoms with Crippen LogP contribution in [0.1, 0.15) is 18.5 Å². The first kappa shape index (κ1) is 17.5. The molecule has 0 aliphatic carbocycles. The number of Topliss-reactive ketones (excluding diaryl/α,β-unsaturated/α-hetero) is 2. The van der Waals surface area contributed by atoms with Crippen molar-refractivity contribution in [1.82, 2.24) is 9.97 Å². The molecule has 2 atom stereocenters. The van der Waals surface area contributed by atoms with Crippen molar-refractivity contribution in [3.63, 3.8) is 0 Å². The summed E-state index contributed by atoms with van der Waals surface area (Å²) in [5, 5.41) is 0. The van der Waals surface area contributed by atoms with Crippen LogP contribution in [-0.4, -0.2) is 27.4 Å². The zero-order valence-corrected chi connectivity index (χ0v) is 15.7. The molecule has 2 unspecified atom stereocenters. The summed E-state index contributed by atoms with van der Waals surface area (Å²) < 4.78 is 15.2. The van der Waals surface area contributed by atoms with Gasteiger partial charge in [-0.15, -0.1) is 0 Å². The lowest BCUT2D eigenvalue weighted by molar-refractivity contribution is -0.138. The number of rotatable bonds is 3. The second-order valence-corrected chi connectivity index (χ2v) is 7.26. The zero-order chi connectivity index (χ0) is 19.3. The predicted octanol–water partition coefficient (Wildman–Crippen LogP) is 3.33. The number of amides is 1. The van der Waals surface area contributed by atoms with Crippen LogP contribution in [0.15, 0.2) is 47.2 Å². The largest absolute Gasteiger partial charge is 0.345 e. The van der Waals surface area contributed by atoms with Crippen molar-refractivity contribution in [3.05, 3.63) is 58.6 Å². The van der Waals surface area contributed by atoms with Gasteiger partial charge in [0.25, 0.3) is 5.91 Å². The summed E-state index contributed by atoms with van der Waals surface area (Å²) in [7, 11) is 0. The van der Waals surface area contributed by atoms with E-state index in [1.807, 2.05) is 0 Å². The Morgan fingerprint density at radius 1 is 1.22 bits per heavy atom. The molecule has 1 amide bonds. The Hall–Kier alpha value is -2.87. The van der Waals surface area contributed by atoms with Crippen LogP contribution in [0.2, 0.25) is 0 Å². The van der Waals surface area contributed by atoms with E-state index in [0.717, 1.165) is 0 Å². The Kier molecular flexibility index (Phi) is 4.15. The molecule has 0 spiro atoms.